The quantitative estimate of drug-likeness (QED) is 0.496. The first kappa shape index (κ1) is 17.4. The number of carbonyl (C=O) groups is 3. The van der Waals surface area contributed by atoms with Crippen molar-refractivity contribution in [1.29, 1.82) is 0 Å². The topological polar surface area (TPSA) is 122 Å². The molecule has 2 amide bonds. The zero-order valence-corrected chi connectivity index (χ0v) is 12.4. The lowest BCUT2D eigenvalue weighted by atomic mass is 9.81. The highest BCUT2D eigenvalue weighted by molar-refractivity contribution is 5.85. The number of rotatable bonds is 8. The van der Waals surface area contributed by atoms with Crippen LogP contribution < -0.4 is 16.4 Å². The molecule has 0 aromatic carbocycles. The summed E-state index contributed by atoms with van der Waals surface area (Å²) in [6, 6.07) is -1.04. The minimum absolute atomic E-state index is 0.0332. The van der Waals surface area contributed by atoms with Crippen LogP contribution in [0.25, 0.3) is 0 Å². The zero-order chi connectivity index (χ0) is 15.8. The number of nitrogens with one attached hydrogen (secondary N) is 2. The molecular formula is C14H25N3O4. The second-order valence-corrected chi connectivity index (χ2v) is 5.68. The van der Waals surface area contributed by atoms with Gasteiger partial charge in [-0.2, -0.15) is 0 Å². The molecule has 120 valence electrons. The number of hydrogen-bond acceptors (Lipinski definition) is 4. The first-order valence-electron chi connectivity index (χ1n) is 7.40. The van der Waals surface area contributed by atoms with Crippen LogP contribution in [0.1, 0.15) is 38.5 Å². The Morgan fingerprint density at radius 3 is 2.33 bits per heavy atom. The van der Waals surface area contributed by atoms with Crippen molar-refractivity contribution in [3.8, 4) is 0 Å². The number of hydrogen-bond donors (Lipinski definition) is 4. The fourth-order valence-corrected chi connectivity index (χ4v) is 2.75. The molecule has 0 aromatic heterocycles. The lowest BCUT2D eigenvalue weighted by molar-refractivity contribution is -0.143. The van der Waals surface area contributed by atoms with E-state index in [-0.39, 0.29) is 24.7 Å². The van der Waals surface area contributed by atoms with Gasteiger partial charge in [0.2, 0.25) is 11.8 Å². The van der Waals surface area contributed by atoms with Crippen LogP contribution in [0.2, 0.25) is 0 Å². The van der Waals surface area contributed by atoms with Crippen molar-refractivity contribution in [1.82, 2.24) is 10.6 Å². The van der Waals surface area contributed by atoms with Crippen molar-refractivity contribution in [2.24, 2.45) is 17.6 Å². The normalized spacial score (nSPS) is 23.3. The number of nitrogens with two attached hydrogens (primary N) is 1. The average Bonchev–Trinajstić information content (AvgIpc) is 2.43. The molecule has 1 aliphatic rings. The van der Waals surface area contributed by atoms with E-state index in [0.717, 1.165) is 32.2 Å². The third-order valence-electron chi connectivity index (χ3n) is 4.00. The maximum absolute atomic E-state index is 12.1. The monoisotopic (exact) mass is 299 g/mol. The molecule has 7 nitrogen and oxygen atoms in total. The zero-order valence-electron chi connectivity index (χ0n) is 12.4. The highest BCUT2D eigenvalue weighted by atomic mass is 16.4. The van der Waals surface area contributed by atoms with Crippen LogP contribution in [0.5, 0.6) is 0 Å². The molecule has 1 saturated carbocycles. The van der Waals surface area contributed by atoms with Gasteiger partial charge < -0.3 is 21.5 Å². The smallest absolute Gasteiger partial charge is 0.326 e. The summed E-state index contributed by atoms with van der Waals surface area (Å²) in [6.07, 6.45) is 3.48. The Kier molecular flexibility index (Phi) is 7.14. The van der Waals surface area contributed by atoms with Gasteiger partial charge in [-0.05, 0) is 51.6 Å². The van der Waals surface area contributed by atoms with E-state index in [1.54, 1.807) is 0 Å². The summed E-state index contributed by atoms with van der Waals surface area (Å²) in [4.78, 5) is 33.9. The van der Waals surface area contributed by atoms with Gasteiger partial charge in [-0.15, -0.1) is 0 Å². The fraction of sp³-hybridized carbons (Fsp3) is 0.786. The first-order valence-corrected chi connectivity index (χ1v) is 7.40. The molecule has 1 fully saturated rings. The van der Waals surface area contributed by atoms with E-state index in [1.165, 1.54) is 0 Å². The van der Waals surface area contributed by atoms with E-state index in [9.17, 15) is 14.4 Å². The van der Waals surface area contributed by atoms with Crippen LogP contribution in [0, 0.1) is 11.8 Å². The second kappa shape index (κ2) is 8.61. The molecule has 0 radical (unpaired) electrons. The number of amides is 2. The molecule has 0 bridgehead atoms. The summed E-state index contributed by atoms with van der Waals surface area (Å²) in [6.45, 7) is 0.949. The molecule has 0 unspecified atom stereocenters. The number of aliphatic carboxylic acids is 1. The molecular weight excluding hydrogens is 274 g/mol. The number of carboxylic acid groups (broad SMARTS) is 1. The van der Waals surface area contributed by atoms with Crippen LogP contribution in [-0.4, -0.2) is 42.5 Å². The Hall–Kier alpha value is -1.63. The molecule has 1 atom stereocenters. The largest absolute Gasteiger partial charge is 0.480 e. The van der Waals surface area contributed by atoms with E-state index >= 15 is 0 Å². The van der Waals surface area contributed by atoms with E-state index in [4.69, 9.17) is 10.8 Å². The molecule has 1 rings (SSSR count). The van der Waals surface area contributed by atoms with Crippen molar-refractivity contribution in [3.05, 3.63) is 0 Å². The van der Waals surface area contributed by atoms with Gasteiger partial charge in [0.15, 0.2) is 0 Å². The van der Waals surface area contributed by atoms with Crippen molar-refractivity contribution in [2.75, 3.05) is 13.6 Å². The minimum atomic E-state index is -1.13. The van der Waals surface area contributed by atoms with Crippen molar-refractivity contribution in [2.45, 2.75) is 44.6 Å². The Morgan fingerprint density at radius 1 is 1.24 bits per heavy atom. The fourth-order valence-electron chi connectivity index (χ4n) is 2.75. The Morgan fingerprint density at radius 2 is 1.86 bits per heavy atom. The standard InChI is InChI=1S/C14H25N3O4/c1-16-8-9-2-4-10(5-3-9)13(19)17-11(14(20)21)6-7-12(15)18/h9-11,16H,2-8H2,1H3,(H2,15,18)(H,17,19)(H,20,21)/t9-,10-,11-/m0/s1. The maximum Gasteiger partial charge on any atom is 0.326 e. The molecule has 7 heteroatoms. The highest BCUT2D eigenvalue weighted by Gasteiger charge is 2.29. The van der Waals surface area contributed by atoms with Gasteiger partial charge in [0, 0.05) is 12.3 Å². The van der Waals surface area contributed by atoms with Gasteiger partial charge in [0.05, 0.1) is 0 Å². The molecule has 0 aliphatic heterocycles. The third-order valence-corrected chi connectivity index (χ3v) is 4.00. The average molecular weight is 299 g/mol. The third kappa shape index (κ3) is 6.12. The predicted octanol–water partition coefficient (Wildman–Crippen LogP) is -0.153. The minimum Gasteiger partial charge on any atom is -0.480 e. The van der Waals surface area contributed by atoms with Crippen LogP contribution in [0.15, 0.2) is 0 Å². The summed E-state index contributed by atoms with van der Waals surface area (Å²) >= 11 is 0. The van der Waals surface area contributed by atoms with E-state index in [2.05, 4.69) is 10.6 Å². The summed E-state index contributed by atoms with van der Waals surface area (Å²) in [5, 5.41) is 14.7. The Labute approximate surface area is 124 Å². The molecule has 0 spiro atoms. The van der Waals surface area contributed by atoms with Gasteiger partial charge in [-0.1, -0.05) is 0 Å². The predicted molar refractivity (Wildman–Crippen MR) is 77.4 cm³/mol. The maximum atomic E-state index is 12.1. The molecule has 5 N–H and O–H groups in total. The highest BCUT2D eigenvalue weighted by Crippen LogP contribution is 2.28. The summed E-state index contributed by atoms with van der Waals surface area (Å²) in [5.41, 5.74) is 5.01. The van der Waals surface area contributed by atoms with E-state index < -0.39 is 17.9 Å². The Bertz CT molecular complexity index is 378. The number of carbonyl (C=O) groups excluding carboxylic acids is 2. The summed E-state index contributed by atoms with van der Waals surface area (Å²) in [5.74, 6) is -1.47. The summed E-state index contributed by atoms with van der Waals surface area (Å²) in [7, 11) is 1.91. The van der Waals surface area contributed by atoms with Gasteiger partial charge in [-0.3, -0.25) is 9.59 Å². The van der Waals surface area contributed by atoms with Crippen LogP contribution >= 0.6 is 0 Å². The lowest BCUT2D eigenvalue weighted by Gasteiger charge is -2.28. The van der Waals surface area contributed by atoms with Crippen LogP contribution in [0.3, 0.4) is 0 Å². The van der Waals surface area contributed by atoms with Gasteiger partial charge in [0.25, 0.3) is 0 Å². The second-order valence-electron chi connectivity index (χ2n) is 5.68. The van der Waals surface area contributed by atoms with E-state index in [1.807, 2.05) is 7.05 Å². The van der Waals surface area contributed by atoms with Crippen molar-refractivity contribution < 1.29 is 19.5 Å². The van der Waals surface area contributed by atoms with Gasteiger partial charge in [-0.25, -0.2) is 4.79 Å². The van der Waals surface area contributed by atoms with E-state index in [0.29, 0.717) is 5.92 Å². The molecule has 0 aromatic rings. The van der Waals surface area contributed by atoms with Crippen molar-refractivity contribution in [3.63, 3.8) is 0 Å². The van der Waals surface area contributed by atoms with Gasteiger partial charge in [0.1, 0.15) is 6.04 Å². The van der Waals surface area contributed by atoms with Crippen molar-refractivity contribution >= 4 is 17.8 Å². The lowest BCUT2D eigenvalue weighted by Crippen LogP contribution is -2.45. The summed E-state index contributed by atoms with van der Waals surface area (Å²) < 4.78 is 0. The van der Waals surface area contributed by atoms with Gasteiger partial charge >= 0.3 is 5.97 Å². The SMILES string of the molecule is CNC[C@H]1CC[C@H](C(=O)N[C@@H](CCC(N)=O)C(=O)O)CC1. The number of primary amides is 1. The molecule has 1 aliphatic carbocycles. The molecule has 0 saturated heterocycles. The van der Waals surface area contributed by atoms with Crippen LogP contribution in [-0.2, 0) is 14.4 Å². The molecule has 21 heavy (non-hydrogen) atoms. The first-order chi connectivity index (χ1) is 9.93. The molecule has 0 heterocycles. The Balaban J connectivity index is 2.43. The number of carboxylic acids is 1. The van der Waals surface area contributed by atoms with Crippen LogP contribution in [0.4, 0.5) is 0 Å².